The van der Waals surface area contributed by atoms with Gasteiger partial charge in [-0.25, -0.2) is 0 Å². The Morgan fingerprint density at radius 3 is 2.52 bits per heavy atom. The number of hydrazone groups is 1. The highest BCUT2D eigenvalue weighted by molar-refractivity contribution is 7.11. The normalized spacial score (nSPS) is 16.7. The van der Waals surface area contributed by atoms with Crippen molar-refractivity contribution < 1.29 is 0 Å². The summed E-state index contributed by atoms with van der Waals surface area (Å²) in [5, 5.41) is 8.92. The van der Waals surface area contributed by atoms with E-state index in [0.29, 0.717) is 0 Å². The largest absolute Gasteiger partial charge is 0.295 e. The zero-order chi connectivity index (χ0) is 14.5. The summed E-state index contributed by atoms with van der Waals surface area (Å²) in [7, 11) is 0. The van der Waals surface area contributed by atoms with Gasteiger partial charge in [0.2, 0.25) is 0 Å². The van der Waals surface area contributed by atoms with Gasteiger partial charge in [-0.1, -0.05) is 30.3 Å². The van der Waals surface area contributed by atoms with Crippen LogP contribution in [0.4, 0.5) is 0 Å². The molecule has 0 radical (unpaired) electrons. The molecule has 0 atom stereocenters. The molecule has 0 saturated carbocycles. The molecule has 2 aromatic rings. The number of hydrogen-bond acceptors (Lipinski definition) is 4. The Hall–Kier alpha value is -1.65. The van der Waals surface area contributed by atoms with Gasteiger partial charge in [0.15, 0.2) is 0 Å². The van der Waals surface area contributed by atoms with Gasteiger partial charge in [-0.2, -0.15) is 5.10 Å². The minimum absolute atomic E-state index is 1.01. The lowest BCUT2D eigenvalue weighted by Gasteiger charge is -2.33. The fraction of sp³-hybridized carbons (Fsp3) is 0.353. The highest BCUT2D eigenvalue weighted by Crippen LogP contribution is 2.13. The van der Waals surface area contributed by atoms with Crippen molar-refractivity contribution in [3.05, 3.63) is 57.8 Å². The second kappa shape index (κ2) is 6.87. The molecular weight excluding hydrogens is 278 g/mol. The number of thiophene rings is 1. The lowest BCUT2D eigenvalue weighted by molar-refractivity contribution is 0.131. The van der Waals surface area contributed by atoms with Gasteiger partial charge in [0.05, 0.1) is 6.21 Å². The Kier molecular flexibility index (Phi) is 4.68. The third-order valence-electron chi connectivity index (χ3n) is 3.84. The standard InChI is InChI=1S/C17H21N3S/c1-15-7-12-21-17(15)13-18-20-10-8-19(9-11-20)14-16-5-3-2-4-6-16/h2-7,12-13H,8-11,14H2,1H3/b18-13+. The molecule has 3 rings (SSSR count). The summed E-state index contributed by atoms with van der Waals surface area (Å²) >= 11 is 1.75. The summed E-state index contributed by atoms with van der Waals surface area (Å²) in [6, 6.07) is 12.8. The maximum Gasteiger partial charge on any atom is 0.0645 e. The van der Waals surface area contributed by atoms with Crippen molar-refractivity contribution in [2.75, 3.05) is 26.2 Å². The van der Waals surface area contributed by atoms with Gasteiger partial charge in [-0.3, -0.25) is 9.91 Å². The fourth-order valence-corrected chi connectivity index (χ4v) is 3.28. The number of nitrogens with zero attached hydrogens (tertiary/aromatic N) is 3. The maximum atomic E-state index is 4.62. The Balaban J connectivity index is 1.49. The van der Waals surface area contributed by atoms with Crippen LogP contribution in [0.25, 0.3) is 0 Å². The van der Waals surface area contributed by atoms with Crippen molar-refractivity contribution >= 4 is 17.6 Å². The molecular formula is C17H21N3S. The first-order valence-electron chi connectivity index (χ1n) is 7.40. The molecule has 1 fully saturated rings. The summed E-state index contributed by atoms with van der Waals surface area (Å²) in [4.78, 5) is 3.76. The monoisotopic (exact) mass is 299 g/mol. The van der Waals surface area contributed by atoms with Crippen LogP contribution in [-0.2, 0) is 6.54 Å². The predicted octanol–water partition coefficient (Wildman–Crippen LogP) is 3.21. The SMILES string of the molecule is Cc1ccsc1/C=N/N1CCN(Cc2ccccc2)CC1. The van der Waals surface area contributed by atoms with E-state index in [4.69, 9.17) is 0 Å². The van der Waals surface area contributed by atoms with Crippen LogP contribution in [0.15, 0.2) is 46.9 Å². The summed E-state index contributed by atoms with van der Waals surface area (Å²) in [6.07, 6.45) is 2.01. The fourth-order valence-electron chi connectivity index (χ4n) is 2.50. The molecule has 1 aliphatic heterocycles. The van der Waals surface area contributed by atoms with E-state index in [1.54, 1.807) is 11.3 Å². The van der Waals surface area contributed by atoms with E-state index in [9.17, 15) is 0 Å². The van der Waals surface area contributed by atoms with Gasteiger partial charge in [-0.05, 0) is 29.5 Å². The van der Waals surface area contributed by atoms with Crippen LogP contribution in [0.1, 0.15) is 16.0 Å². The zero-order valence-electron chi connectivity index (χ0n) is 12.4. The van der Waals surface area contributed by atoms with E-state index < -0.39 is 0 Å². The molecule has 1 aliphatic rings. The molecule has 0 amide bonds. The number of hydrogen-bond donors (Lipinski definition) is 0. The molecule has 0 unspecified atom stereocenters. The Morgan fingerprint density at radius 2 is 1.86 bits per heavy atom. The van der Waals surface area contributed by atoms with Gasteiger partial charge < -0.3 is 0 Å². The minimum atomic E-state index is 1.01. The molecule has 0 N–H and O–H groups in total. The van der Waals surface area contributed by atoms with Gasteiger partial charge >= 0.3 is 0 Å². The lowest BCUT2D eigenvalue weighted by atomic mass is 10.2. The van der Waals surface area contributed by atoms with Crippen molar-refractivity contribution in [2.24, 2.45) is 5.10 Å². The van der Waals surface area contributed by atoms with Crippen molar-refractivity contribution in [3.8, 4) is 0 Å². The first-order valence-corrected chi connectivity index (χ1v) is 8.28. The Bertz CT molecular complexity index is 583. The first kappa shape index (κ1) is 14.3. The van der Waals surface area contributed by atoms with Crippen LogP contribution in [0.3, 0.4) is 0 Å². The molecule has 1 aromatic heterocycles. The second-order valence-corrected chi connectivity index (χ2v) is 6.38. The molecule has 0 aliphatic carbocycles. The maximum absolute atomic E-state index is 4.62. The van der Waals surface area contributed by atoms with Crippen molar-refractivity contribution in [1.82, 2.24) is 9.91 Å². The molecule has 110 valence electrons. The molecule has 21 heavy (non-hydrogen) atoms. The summed E-state index contributed by atoms with van der Waals surface area (Å²) in [5.74, 6) is 0. The summed E-state index contributed by atoms with van der Waals surface area (Å²) in [6.45, 7) is 7.35. The lowest BCUT2D eigenvalue weighted by Crippen LogP contribution is -2.43. The van der Waals surface area contributed by atoms with Gasteiger partial charge in [0, 0.05) is 37.6 Å². The molecule has 1 saturated heterocycles. The molecule has 1 aromatic carbocycles. The number of aryl methyl sites for hydroxylation is 1. The van der Waals surface area contributed by atoms with E-state index in [1.165, 1.54) is 16.0 Å². The van der Waals surface area contributed by atoms with E-state index in [-0.39, 0.29) is 0 Å². The third-order valence-corrected chi connectivity index (χ3v) is 4.79. The first-order chi connectivity index (χ1) is 10.3. The van der Waals surface area contributed by atoms with Crippen LogP contribution < -0.4 is 0 Å². The average molecular weight is 299 g/mol. The quantitative estimate of drug-likeness (QED) is 0.807. The van der Waals surface area contributed by atoms with Crippen LogP contribution in [-0.4, -0.2) is 42.3 Å². The Labute approximate surface area is 130 Å². The summed E-state index contributed by atoms with van der Waals surface area (Å²) in [5.41, 5.74) is 2.70. The van der Waals surface area contributed by atoms with E-state index in [0.717, 1.165) is 32.7 Å². The van der Waals surface area contributed by atoms with E-state index in [1.807, 2.05) is 6.21 Å². The molecule has 4 heteroatoms. The number of benzene rings is 1. The van der Waals surface area contributed by atoms with Gasteiger partial charge in [0.1, 0.15) is 0 Å². The van der Waals surface area contributed by atoms with Gasteiger partial charge in [0.25, 0.3) is 0 Å². The van der Waals surface area contributed by atoms with Crippen LogP contribution in [0.5, 0.6) is 0 Å². The highest BCUT2D eigenvalue weighted by atomic mass is 32.1. The van der Waals surface area contributed by atoms with E-state index in [2.05, 4.69) is 63.7 Å². The number of rotatable bonds is 4. The molecule has 0 bridgehead atoms. The topological polar surface area (TPSA) is 18.8 Å². The predicted molar refractivity (Wildman–Crippen MR) is 89.9 cm³/mol. The Morgan fingerprint density at radius 1 is 1.10 bits per heavy atom. The van der Waals surface area contributed by atoms with Gasteiger partial charge in [-0.15, -0.1) is 11.3 Å². The van der Waals surface area contributed by atoms with Crippen LogP contribution in [0, 0.1) is 6.92 Å². The van der Waals surface area contributed by atoms with Crippen molar-refractivity contribution in [1.29, 1.82) is 0 Å². The van der Waals surface area contributed by atoms with Crippen molar-refractivity contribution in [3.63, 3.8) is 0 Å². The van der Waals surface area contributed by atoms with Crippen LogP contribution in [0.2, 0.25) is 0 Å². The average Bonchev–Trinajstić information content (AvgIpc) is 2.93. The smallest absolute Gasteiger partial charge is 0.0645 e. The number of piperazine rings is 1. The molecule has 0 spiro atoms. The zero-order valence-corrected chi connectivity index (χ0v) is 13.2. The molecule has 2 heterocycles. The van der Waals surface area contributed by atoms with E-state index >= 15 is 0 Å². The minimum Gasteiger partial charge on any atom is -0.295 e. The molecule has 3 nitrogen and oxygen atoms in total. The highest BCUT2D eigenvalue weighted by Gasteiger charge is 2.15. The van der Waals surface area contributed by atoms with Crippen molar-refractivity contribution in [2.45, 2.75) is 13.5 Å². The summed E-state index contributed by atoms with van der Waals surface area (Å²) < 4.78 is 0. The second-order valence-electron chi connectivity index (χ2n) is 5.43. The third kappa shape index (κ3) is 3.93. The van der Waals surface area contributed by atoms with Crippen LogP contribution >= 0.6 is 11.3 Å².